The first-order valence-corrected chi connectivity index (χ1v) is 4.82. The molecule has 0 aliphatic heterocycles. The Morgan fingerprint density at radius 2 is 1.67 bits per heavy atom. The molecule has 0 aliphatic carbocycles. The molecule has 0 heterocycles. The Hall–Kier alpha value is -0.530. The lowest BCUT2D eigenvalue weighted by molar-refractivity contribution is -0.141. The first kappa shape index (κ1) is 14.0. The van der Waals surface area contributed by atoms with Crippen LogP contribution in [0.3, 0.4) is 0 Å². The molecule has 0 aromatic rings. The van der Waals surface area contributed by atoms with Crippen LogP contribution in [-0.2, 0) is 4.79 Å². The van der Waals surface area contributed by atoms with E-state index >= 15 is 0 Å². The molecular weight excluding hydrogens is 152 g/mol. The van der Waals surface area contributed by atoms with E-state index in [9.17, 15) is 4.79 Å². The molecule has 74 valence electrons. The van der Waals surface area contributed by atoms with Gasteiger partial charge in [-0.25, -0.2) is 0 Å². The average Bonchev–Trinajstić information content (AvgIpc) is 2.05. The minimum atomic E-state index is -0.706. The van der Waals surface area contributed by atoms with Gasteiger partial charge in [-0.15, -0.1) is 0 Å². The Morgan fingerprint density at radius 3 is 1.67 bits per heavy atom. The number of carboxylic acids is 1. The standard InChI is InChI=1S/C5H10O2.C5H12/c1-3-4(2)5(6)7;1-3-5-4-2/h4H,3H2,1-2H3,(H,6,7);3-5H2,1-2H3. The highest BCUT2D eigenvalue weighted by molar-refractivity contribution is 5.69. The van der Waals surface area contributed by atoms with Crippen molar-refractivity contribution in [3.8, 4) is 0 Å². The second kappa shape index (κ2) is 10.5. The second-order valence-electron chi connectivity index (χ2n) is 3.00. The van der Waals surface area contributed by atoms with Crippen LogP contribution in [0.25, 0.3) is 0 Å². The molecule has 1 unspecified atom stereocenters. The SMILES string of the molecule is CCC(C)C(=O)O.CCCCC. The summed E-state index contributed by atoms with van der Waals surface area (Å²) in [5, 5.41) is 8.18. The van der Waals surface area contributed by atoms with Crippen molar-refractivity contribution in [2.45, 2.75) is 53.4 Å². The molecule has 0 amide bonds. The summed E-state index contributed by atoms with van der Waals surface area (Å²) in [5.41, 5.74) is 0. The summed E-state index contributed by atoms with van der Waals surface area (Å²) in [4.78, 5) is 9.93. The van der Waals surface area contributed by atoms with Gasteiger partial charge >= 0.3 is 5.97 Å². The van der Waals surface area contributed by atoms with Crippen LogP contribution in [0.2, 0.25) is 0 Å². The van der Waals surface area contributed by atoms with Crippen molar-refractivity contribution in [3.63, 3.8) is 0 Å². The van der Waals surface area contributed by atoms with Gasteiger partial charge in [-0.3, -0.25) is 4.79 Å². The molecule has 0 spiro atoms. The highest BCUT2D eigenvalue weighted by atomic mass is 16.4. The molecule has 1 atom stereocenters. The number of unbranched alkanes of at least 4 members (excludes halogenated alkanes) is 2. The maximum Gasteiger partial charge on any atom is 0.306 e. The van der Waals surface area contributed by atoms with E-state index in [1.807, 2.05) is 6.92 Å². The molecule has 0 rings (SSSR count). The van der Waals surface area contributed by atoms with Crippen LogP contribution in [0.15, 0.2) is 0 Å². The Kier molecular flexibility index (Phi) is 12.2. The first-order chi connectivity index (χ1) is 5.59. The van der Waals surface area contributed by atoms with Crippen molar-refractivity contribution in [1.82, 2.24) is 0 Å². The molecular formula is C10H22O2. The lowest BCUT2D eigenvalue weighted by Gasteiger charge is -1.96. The third kappa shape index (κ3) is 12.2. The van der Waals surface area contributed by atoms with Crippen molar-refractivity contribution in [1.29, 1.82) is 0 Å². The molecule has 0 radical (unpaired) electrons. The summed E-state index contributed by atoms with van der Waals surface area (Å²) in [7, 11) is 0. The Labute approximate surface area is 76.0 Å². The predicted molar refractivity (Wildman–Crippen MR) is 52.3 cm³/mol. The summed E-state index contributed by atoms with van der Waals surface area (Å²) in [6, 6.07) is 0. The molecule has 12 heavy (non-hydrogen) atoms. The fourth-order valence-electron chi connectivity index (χ4n) is 0.528. The largest absolute Gasteiger partial charge is 0.481 e. The highest BCUT2D eigenvalue weighted by Gasteiger charge is 2.05. The number of rotatable bonds is 4. The fraction of sp³-hybridized carbons (Fsp3) is 0.900. The molecule has 2 nitrogen and oxygen atoms in total. The van der Waals surface area contributed by atoms with Crippen LogP contribution in [0.1, 0.15) is 53.4 Å². The van der Waals surface area contributed by atoms with E-state index < -0.39 is 5.97 Å². The zero-order chi connectivity index (χ0) is 9.98. The van der Waals surface area contributed by atoms with Gasteiger partial charge in [0.25, 0.3) is 0 Å². The van der Waals surface area contributed by atoms with Gasteiger partial charge < -0.3 is 5.11 Å². The molecule has 0 fully saturated rings. The van der Waals surface area contributed by atoms with E-state index in [2.05, 4.69) is 13.8 Å². The monoisotopic (exact) mass is 174 g/mol. The maximum atomic E-state index is 9.93. The van der Waals surface area contributed by atoms with Crippen LogP contribution in [0.4, 0.5) is 0 Å². The summed E-state index contributed by atoms with van der Waals surface area (Å²) in [6.45, 7) is 7.98. The molecule has 0 saturated carbocycles. The number of hydrogen-bond acceptors (Lipinski definition) is 1. The lowest BCUT2D eigenvalue weighted by atomic mass is 10.1. The van der Waals surface area contributed by atoms with Crippen molar-refractivity contribution >= 4 is 5.97 Å². The zero-order valence-electron chi connectivity index (χ0n) is 8.76. The van der Waals surface area contributed by atoms with Crippen molar-refractivity contribution in [2.24, 2.45) is 5.92 Å². The van der Waals surface area contributed by atoms with E-state index in [-0.39, 0.29) is 5.92 Å². The Bertz CT molecular complexity index is 98.0. The third-order valence-electron chi connectivity index (χ3n) is 1.74. The summed E-state index contributed by atoms with van der Waals surface area (Å²) < 4.78 is 0. The molecule has 0 saturated heterocycles. The maximum absolute atomic E-state index is 9.93. The molecule has 0 aromatic heterocycles. The summed E-state index contributed by atoms with van der Waals surface area (Å²) >= 11 is 0. The van der Waals surface area contributed by atoms with Crippen LogP contribution in [0.5, 0.6) is 0 Å². The van der Waals surface area contributed by atoms with Crippen molar-refractivity contribution < 1.29 is 9.90 Å². The van der Waals surface area contributed by atoms with E-state index in [0.29, 0.717) is 0 Å². The van der Waals surface area contributed by atoms with Crippen LogP contribution < -0.4 is 0 Å². The van der Waals surface area contributed by atoms with Crippen LogP contribution >= 0.6 is 0 Å². The van der Waals surface area contributed by atoms with E-state index in [4.69, 9.17) is 5.11 Å². The van der Waals surface area contributed by atoms with E-state index in [0.717, 1.165) is 6.42 Å². The van der Waals surface area contributed by atoms with Gasteiger partial charge in [0.2, 0.25) is 0 Å². The minimum Gasteiger partial charge on any atom is -0.481 e. The van der Waals surface area contributed by atoms with Crippen molar-refractivity contribution in [3.05, 3.63) is 0 Å². The Balaban J connectivity index is 0. The van der Waals surface area contributed by atoms with Gasteiger partial charge in [0.05, 0.1) is 5.92 Å². The summed E-state index contributed by atoms with van der Waals surface area (Å²) in [5.74, 6) is -0.887. The smallest absolute Gasteiger partial charge is 0.306 e. The molecule has 0 bridgehead atoms. The minimum absolute atomic E-state index is 0.181. The van der Waals surface area contributed by atoms with E-state index in [1.165, 1.54) is 19.3 Å². The molecule has 2 heteroatoms. The number of carboxylic acid groups (broad SMARTS) is 1. The van der Waals surface area contributed by atoms with Crippen molar-refractivity contribution in [2.75, 3.05) is 0 Å². The van der Waals surface area contributed by atoms with Crippen LogP contribution in [-0.4, -0.2) is 11.1 Å². The zero-order valence-corrected chi connectivity index (χ0v) is 8.76. The number of aliphatic carboxylic acids is 1. The number of carbonyl (C=O) groups is 1. The molecule has 1 N–H and O–H groups in total. The van der Waals surface area contributed by atoms with Gasteiger partial charge in [0.1, 0.15) is 0 Å². The predicted octanol–water partition coefficient (Wildman–Crippen LogP) is 3.31. The Morgan fingerprint density at radius 1 is 1.25 bits per heavy atom. The van der Waals surface area contributed by atoms with Crippen LogP contribution in [0, 0.1) is 5.92 Å². The van der Waals surface area contributed by atoms with Gasteiger partial charge in [-0.1, -0.05) is 47.0 Å². The second-order valence-corrected chi connectivity index (χ2v) is 3.00. The topological polar surface area (TPSA) is 37.3 Å². The quantitative estimate of drug-likeness (QED) is 0.710. The molecule has 0 aromatic carbocycles. The van der Waals surface area contributed by atoms with Gasteiger partial charge in [0, 0.05) is 0 Å². The first-order valence-electron chi connectivity index (χ1n) is 4.82. The van der Waals surface area contributed by atoms with Gasteiger partial charge in [-0.05, 0) is 6.42 Å². The normalized spacial score (nSPS) is 11.3. The van der Waals surface area contributed by atoms with Gasteiger partial charge in [0.15, 0.2) is 0 Å². The highest BCUT2D eigenvalue weighted by Crippen LogP contribution is 1.97. The number of hydrogen-bond donors (Lipinski definition) is 1. The summed E-state index contributed by atoms with van der Waals surface area (Å²) in [6.07, 6.45) is 4.79. The fourth-order valence-corrected chi connectivity index (χ4v) is 0.528. The third-order valence-corrected chi connectivity index (χ3v) is 1.74. The van der Waals surface area contributed by atoms with E-state index in [1.54, 1.807) is 6.92 Å². The lowest BCUT2D eigenvalue weighted by Crippen LogP contribution is -2.06. The van der Waals surface area contributed by atoms with Gasteiger partial charge in [-0.2, -0.15) is 0 Å². The molecule has 0 aliphatic rings. The average molecular weight is 174 g/mol.